The Bertz CT molecular complexity index is 350. The van der Waals surface area contributed by atoms with E-state index in [1.165, 1.54) is 4.88 Å². The summed E-state index contributed by atoms with van der Waals surface area (Å²) in [6.07, 6.45) is 0.965. The lowest BCUT2D eigenvalue weighted by Crippen LogP contribution is -2.42. The van der Waals surface area contributed by atoms with Crippen LogP contribution in [0.3, 0.4) is 0 Å². The van der Waals surface area contributed by atoms with Crippen LogP contribution in [0.5, 0.6) is 0 Å². The molecule has 0 amide bonds. The van der Waals surface area contributed by atoms with Crippen LogP contribution in [0.4, 0.5) is 0 Å². The first-order chi connectivity index (χ1) is 8.56. The van der Waals surface area contributed by atoms with Crippen molar-refractivity contribution in [3.05, 3.63) is 22.4 Å². The van der Waals surface area contributed by atoms with E-state index in [1.54, 1.807) is 18.4 Å². The van der Waals surface area contributed by atoms with Gasteiger partial charge in [-0.05, 0) is 30.1 Å². The van der Waals surface area contributed by atoms with Crippen LogP contribution in [0.15, 0.2) is 17.5 Å². The van der Waals surface area contributed by atoms with Crippen LogP contribution in [0.25, 0.3) is 0 Å². The minimum atomic E-state index is 0.104. The molecule has 1 aromatic heterocycles. The Morgan fingerprint density at radius 3 is 2.83 bits per heavy atom. The highest BCUT2D eigenvalue weighted by molar-refractivity contribution is 7.80. The van der Waals surface area contributed by atoms with Crippen molar-refractivity contribution in [3.8, 4) is 0 Å². The van der Waals surface area contributed by atoms with Crippen LogP contribution in [-0.2, 0) is 10.2 Å². The summed E-state index contributed by atoms with van der Waals surface area (Å²) in [5.74, 6) is 0. The van der Waals surface area contributed by atoms with Gasteiger partial charge in [0, 0.05) is 37.1 Å². The van der Waals surface area contributed by atoms with Crippen molar-refractivity contribution in [2.24, 2.45) is 0 Å². The maximum absolute atomic E-state index is 5.24. The molecule has 3 nitrogen and oxygen atoms in total. The van der Waals surface area contributed by atoms with E-state index in [0.29, 0.717) is 0 Å². The Balaban J connectivity index is 2.25. The van der Waals surface area contributed by atoms with Gasteiger partial charge in [0.15, 0.2) is 5.11 Å². The molecular formula is C13H22N2OS2. The summed E-state index contributed by atoms with van der Waals surface area (Å²) in [5, 5.41) is 9.28. The Morgan fingerprint density at radius 1 is 1.44 bits per heavy atom. The number of methoxy groups -OCH3 is 1. The normalized spacial score (nSPS) is 11.3. The average Bonchev–Trinajstić information content (AvgIpc) is 2.87. The van der Waals surface area contributed by atoms with Crippen molar-refractivity contribution >= 4 is 28.7 Å². The highest BCUT2D eigenvalue weighted by atomic mass is 32.1. The zero-order valence-electron chi connectivity index (χ0n) is 11.3. The lowest BCUT2D eigenvalue weighted by atomic mass is 9.91. The third kappa shape index (κ3) is 5.33. The third-order valence-electron chi connectivity index (χ3n) is 2.69. The molecule has 0 saturated carbocycles. The summed E-state index contributed by atoms with van der Waals surface area (Å²) in [4.78, 5) is 1.37. The molecule has 1 aromatic rings. The quantitative estimate of drug-likeness (QED) is 0.596. The minimum absolute atomic E-state index is 0.104. The number of nitrogens with one attached hydrogen (secondary N) is 2. The molecule has 18 heavy (non-hydrogen) atoms. The predicted molar refractivity (Wildman–Crippen MR) is 82.4 cm³/mol. The van der Waals surface area contributed by atoms with E-state index in [4.69, 9.17) is 17.0 Å². The van der Waals surface area contributed by atoms with Crippen molar-refractivity contribution in [1.82, 2.24) is 10.6 Å². The Hall–Kier alpha value is -0.650. The Morgan fingerprint density at radius 2 is 2.22 bits per heavy atom. The van der Waals surface area contributed by atoms with Gasteiger partial charge in [-0.15, -0.1) is 11.3 Å². The summed E-state index contributed by atoms with van der Waals surface area (Å²) in [5.41, 5.74) is 0.104. The second-order valence-corrected chi connectivity index (χ2v) is 6.17. The van der Waals surface area contributed by atoms with E-state index in [9.17, 15) is 0 Å². The molecule has 0 aliphatic rings. The first kappa shape index (κ1) is 15.4. The number of hydrogen-bond donors (Lipinski definition) is 2. The number of hydrogen-bond acceptors (Lipinski definition) is 3. The number of rotatable bonds is 7. The molecule has 5 heteroatoms. The fourth-order valence-electron chi connectivity index (χ4n) is 1.53. The van der Waals surface area contributed by atoms with Crippen molar-refractivity contribution in [2.45, 2.75) is 25.7 Å². The van der Waals surface area contributed by atoms with Crippen LogP contribution in [0, 0.1) is 0 Å². The number of ether oxygens (including phenoxy) is 1. The van der Waals surface area contributed by atoms with Gasteiger partial charge in [-0.1, -0.05) is 19.9 Å². The van der Waals surface area contributed by atoms with E-state index in [1.807, 2.05) is 0 Å². The molecule has 0 bridgehead atoms. The molecule has 0 aromatic carbocycles. The summed E-state index contributed by atoms with van der Waals surface area (Å²) in [6, 6.07) is 4.25. The molecule has 1 rings (SSSR count). The fraction of sp³-hybridized carbons (Fsp3) is 0.615. The van der Waals surface area contributed by atoms with Crippen molar-refractivity contribution in [2.75, 3.05) is 26.8 Å². The van der Waals surface area contributed by atoms with Gasteiger partial charge in [-0.25, -0.2) is 0 Å². The highest BCUT2D eigenvalue weighted by Crippen LogP contribution is 2.26. The van der Waals surface area contributed by atoms with Gasteiger partial charge in [0.05, 0.1) is 0 Å². The van der Waals surface area contributed by atoms with Crippen LogP contribution in [0.1, 0.15) is 25.1 Å². The molecule has 0 spiro atoms. The zero-order valence-corrected chi connectivity index (χ0v) is 12.9. The van der Waals surface area contributed by atoms with E-state index in [0.717, 1.165) is 31.2 Å². The van der Waals surface area contributed by atoms with Gasteiger partial charge < -0.3 is 15.4 Å². The first-order valence-corrected chi connectivity index (χ1v) is 7.39. The molecule has 0 unspecified atom stereocenters. The van der Waals surface area contributed by atoms with Crippen molar-refractivity contribution < 1.29 is 4.74 Å². The minimum Gasteiger partial charge on any atom is -0.385 e. The van der Waals surface area contributed by atoms with E-state index < -0.39 is 0 Å². The third-order valence-corrected chi connectivity index (χ3v) is 4.21. The van der Waals surface area contributed by atoms with Gasteiger partial charge in [0.25, 0.3) is 0 Å². The topological polar surface area (TPSA) is 33.3 Å². The van der Waals surface area contributed by atoms with Crippen LogP contribution in [0.2, 0.25) is 0 Å². The van der Waals surface area contributed by atoms with Crippen molar-refractivity contribution in [3.63, 3.8) is 0 Å². The van der Waals surface area contributed by atoms with E-state index >= 15 is 0 Å². The molecule has 0 saturated heterocycles. The van der Waals surface area contributed by atoms with E-state index in [-0.39, 0.29) is 5.41 Å². The molecule has 0 aliphatic heterocycles. The highest BCUT2D eigenvalue weighted by Gasteiger charge is 2.21. The van der Waals surface area contributed by atoms with E-state index in [2.05, 4.69) is 42.0 Å². The Labute approximate surface area is 119 Å². The Kier molecular flexibility index (Phi) is 6.60. The van der Waals surface area contributed by atoms with Gasteiger partial charge in [0.1, 0.15) is 0 Å². The SMILES string of the molecule is COCCCNC(=S)NCC(C)(C)c1cccs1. The largest absolute Gasteiger partial charge is 0.385 e. The zero-order chi connectivity index (χ0) is 13.4. The summed E-state index contributed by atoms with van der Waals surface area (Å²) in [7, 11) is 1.71. The number of thiophene rings is 1. The predicted octanol–water partition coefficient (Wildman–Crippen LogP) is 2.53. The van der Waals surface area contributed by atoms with Crippen LogP contribution >= 0.6 is 23.6 Å². The van der Waals surface area contributed by atoms with Gasteiger partial charge in [-0.3, -0.25) is 0 Å². The van der Waals surface area contributed by atoms with Gasteiger partial charge >= 0.3 is 0 Å². The lowest BCUT2D eigenvalue weighted by Gasteiger charge is -2.24. The van der Waals surface area contributed by atoms with Gasteiger partial charge in [0.2, 0.25) is 0 Å². The van der Waals surface area contributed by atoms with Crippen molar-refractivity contribution in [1.29, 1.82) is 0 Å². The summed E-state index contributed by atoms with van der Waals surface area (Å²) in [6.45, 7) is 6.89. The maximum Gasteiger partial charge on any atom is 0.166 e. The molecule has 1 heterocycles. The summed E-state index contributed by atoms with van der Waals surface area (Å²) < 4.78 is 4.98. The van der Waals surface area contributed by atoms with Gasteiger partial charge in [-0.2, -0.15) is 0 Å². The molecule has 0 aliphatic carbocycles. The first-order valence-electron chi connectivity index (χ1n) is 6.11. The van der Waals surface area contributed by atoms with Crippen LogP contribution < -0.4 is 10.6 Å². The smallest absolute Gasteiger partial charge is 0.166 e. The average molecular weight is 286 g/mol. The maximum atomic E-state index is 5.24. The molecular weight excluding hydrogens is 264 g/mol. The second kappa shape index (κ2) is 7.71. The molecule has 0 radical (unpaired) electrons. The molecule has 0 fully saturated rings. The molecule has 0 atom stereocenters. The standard InChI is InChI=1S/C13H22N2OS2/c1-13(2,11-6-4-9-18-11)10-15-12(17)14-7-5-8-16-3/h4,6,9H,5,7-8,10H2,1-3H3,(H2,14,15,17). The van der Waals surface area contributed by atoms with Crippen LogP contribution in [-0.4, -0.2) is 31.9 Å². The second-order valence-electron chi connectivity index (χ2n) is 4.82. The fourth-order valence-corrected chi connectivity index (χ4v) is 2.56. The monoisotopic (exact) mass is 286 g/mol. The molecule has 2 N–H and O–H groups in total. The molecule has 102 valence electrons. The number of thiocarbonyl (C=S) groups is 1. The summed E-state index contributed by atoms with van der Waals surface area (Å²) >= 11 is 7.03. The lowest BCUT2D eigenvalue weighted by molar-refractivity contribution is 0.195.